The minimum absolute atomic E-state index is 0.0521. The summed E-state index contributed by atoms with van der Waals surface area (Å²) < 4.78 is 21.2. The van der Waals surface area contributed by atoms with Gasteiger partial charge >= 0.3 is 5.97 Å². The van der Waals surface area contributed by atoms with E-state index < -0.39 is 5.97 Å². The first-order chi connectivity index (χ1) is 13.2. The highest BCUT2D eigenvalue weighted by Crippen LogP contribution is 2.40. The van der Waals surface area contributed by atoms with Crippen LogP contribution in [0.5, 0.6) is 17.2 Å². The van der Waals surface area contributed by atoms with Crippen molar-refractivity contribution in [2.24, 2.45) is 0 Å². The topological polar surface area (TPSA) is 66.9 Å². The Morgan fingerprint density at radius 3 is 3.00 bits per heavy atom. The minimum Gasteiger partial charge on any atom is -0.496 e. The molecule has 4 rings (SSSR count). The smallest absolute Gasteiger partial charge is 0.338 e. The Hall–Kier alpha value is -2.77. The fourth-order valence-electron chi connectivity index (χ4n) is 2.63. The Bertz CT molecular complexity index is 1000. The number of aromatic nitrogens is 1. The van der Waals surface area contributed by atoms with E-state index in [0.717, 1.165) is 16.3 Å². The van der Waals surface area contributed by atoms with Gasteiger partial charge in [-0.05, 0) is 24.3 Å². The van der Waals surface area contributed by atoms with E-state index in [4.69, 9.17) is 30.5 Å². The van der Waals surface area contributed by atoms with Crippen molar-refractivity contribution in [2.75, 3.05) is 13.9 Å². The number of benzene rings is 2. The maximum absolute atomic E-state index is 12.3. The van der Waals surface area contributed by atoms with E-state index in [-0.39, 0.29) is 13.4 Å². The molecule has 0 unspecified atom stereocenters. The average Bonchev–Trinajstić information content (AvgIpc) is 3.35. The lowest BCUT2D eigenvalue weighted by Gasteiger charge is -2.06. The van der Waals surface area contributed by atoms with Gasteiger partial charge in [-0.1, -0.05) is 23.7 Å². The Labute approximate surface area is 164 Å². The number of thiazole rings is 1. The van der Waals surface area contributed by atoms with Crippen molar-refractivity contribution < 1.29 is 23.7 Å². The van der Waals surface area contributed by atoms with Crippen LogP contribution in [0.2, 0.25) is 5.02 Å². The molecule has 0 N–H and O–H groups in total. The molecule has 0 saturated carbocycles. The summed E-state index contributed by atoms with van der Waals surface area (Å²) in [4.78, 5) is 16.8. The Morgan fingerprint density at radius 2 is 2.15 bits per heavy atom. The molecule has 0 aliphatic carbocycles. The molecule has 8 heteroatoms. The van der Waals surface area contributed by atoms with E-state index in [0.29, 0.717) is 27.8 Å². The number of hydrogen-bond donors (Lipinski definition) is 0. The molecule has 0 fully saturated rings. The molecule has 27 heavy (non-hydrogen) atoms. The number of carbonyl (C=O) groups excluding carboxylic acids is 1. The number of carbonyl (C=O) groups is 1. The molecule has 0 radical (unpaired) electrons. The lowest BCUT2D eigenvalue weighted by Crippen LogP contribution is -2.05. The molecular weight excluding hydrogens is 390 g/mol. The van der Waals surface area contributed by atoms with Gasteiger partial charge in [0, 0.05) is 5.38 Å². The van der Waals surface area contributed by atoms with Crippen LogP contribution in [0.1, 0.15) is 16.1 Å². The highest BCUT2D eigenvalue weighted by molar-refractivity contribution is 7.13. The first kappa shape index (κ1) is 17.6. The quantitative estimate of drug-likeness (QED) is 0.582. The molecule has 138 valence electrons. The van der Waals surface area contributed by atoms with Crippen LogP contribution < -0.4 is 14.2 Å². The van der Waals surface area contributed by atoms with Crippen molar-refractivity contribution in [3.8, 4) is 27.8 Å². The van der Waals surface area contributed by atoms with E-state index in [1.54, 1.807) is 13.2 Å². The van der Waals surface area contributed by atoms with Gasteiger partial charge in [0.25, 0.3) is 0 Å². The van der Waals surface area contributed by atoms with Crippen LogP contribution in [-0.4, -0.2) is 24.9 Å². The van der Waals surface area contributed by atoms with Crippen LogP contribution in [0.3, 0.4) is 0 Å². The summed E-state index contributed by atoms with van der Waals surface area (Å²) in [5.74, 6) is 1.10. The van der Waals surface area contributed by atoms with E-state index >= 15 is 0 Å². The van der Waals surface area contributed by atoms with Gasteiger partial charge in [0.1, 0.15) is 17.4 Å². The van der Waals surface area contributed by atoms with E-state index in [9.17, 15) is 4.79 Å². The van der Waals surface area contributed by atoms with Gasteiger partial charge in [-0.15, -0.1) is 11.3 Å². The van der Waals surface area contributed by atoms with Crippen LogP contribution in [-0.2, 0) is 11.3 Å². The number of methoxy groups -OCH3 is 1. The van der Waals surface area contributed by atoms with Crippen molar-refractivity contribution in [1.29, 1.82) is 0 Å². The third-order valence-corrected chi connectivity index (χ3v) is 5.11. The number of ether oxygens (including phenoxy) is 4. The van der Waals surface area contributed by atoms with Crippen molar-refractivity contribution in [3.05, 3.63) is 58.1 Å². The molecule has 0 atom stereocenters. The Kier molecular flexibility index (Phi) is 4.87. The minimum atomic E-state index is -0.512. The maximum atomic E-state index is 12.3. The van der Waals surface area contributed by atoms with Gasteiger partial charge < -0.3 is 18.9 Å². The van der Waals surface area contributed by atoms with Crippen LogP contribution in [0.25, 0.3) is 10.6 Å². The molecule has 1 aliphatic heterocycles. The van der Waals surface area contributed by atoms with Gasteiger partial charge in [0.15, 0.2) is 11.5 Å². The zero-order chi connectivity index (χ0) is 18.8. The Morgan fingerprint density at radius 1 is 1.30 bits per heavy atom. The van der Waals surface area contributed by atoms with Crippen LogP contribution in [0, 0.1) is 0 Å². The number of esters is 1. The number of para-hydroxylation sites is 1. The summed E-state index contributed by atoms with van der Waals surface area (Å²) in [7, 11) is 1.62. The highest BCUT2D eigenvalue weighted by Gasteiger charge is 2.21. The summed E-state index contributed by atoms with van der Waals surface area (Å²) in [5.41, 5.74) is 1.84. The van der Waals surface area contributed by atoms with Crippen molar-refractivity contribution in [1.82, 2.24) is 4.98 Å². The van der Waals surface area contributed by atoms with Crippen LogP contribution >= 0.6 is 22.9 Å². The summed E-state index contributed by atoms with van der Waals surface area (Å²) in [6, 6.07) is 10.7. The second-order valence-electron chi connectivity index (χ2n) is 5.61. The second kappa shape index (κ2) is 7.46. The number of rotatable bonds is 5. The van der Waals surface area contributed by atoms with E-state index in [1.165, 1.54) is 17.4 Å². The van der Waals surface area contributed by atoms with Gasteiger partial charge in [-0.3, -0.25) is 0 Å². The summed E-state index contributed by atoms with van der Waals surface area (Å²) in [6.07, 6.45) is 0. The van der Waals surface area contributed by atoms with Crippen molar-refractivity contribution in [3.63, 3.8) is 0 Å². The molecule has 1 aromatic heterocycles. The molecule has 1 aliphatic rings. The van der Waals surface area contributed by atoms with Crippen LogP contribution in [0.4, 0.5) is 0 Å². The number of halogens is 1. The van der Waals surface area contributed by atoms with Gasteiger partial charge in [0.05, 0.1) is 29.0 Å². The predicted molar refractivity (Wildman–Crippen MR) is 101 cm³/mol. The average molecular weight is 404 g/mol. The number of fused-ring (bicyclic) bond motifs is 1. The number of nitrogens with zero attached hydrogens (tertiary/aromatic N) is 1. The molecule has 0 bridgehead atoms. The molecular formula is C19H14ClNO5S. The largest absolute Gasteiger partial charge is 0.496 e. The lowest BCUT2D eigenvalue weighted by atomic mass is 10.2. The van der Waals surface area contributed by atoms with Gasteiger partial charge in [-0.25, -0.2) is 9.78 Å². The highest BCUT2D eigenvalue weighted by atomic mass is 35.5. The maximum Gasteiger partial charge on any atom is 0.338 e. The van der Waals surface area contributed by atoms with Gasteiger partial charge in [0.2, 0.25) is 6.79 Å². The predicted octanol–water partition coefficient (Wildman–Crippen LogP) is 4.56. The molecule has 3 aromatic rings. The van der Waals surface area contributed by atoms with E-state index in [2.05, 4.69) is 4.98 Å². The van der Waals surface area contributed by atoms with Crippen molar-refractivity contribution >= 4 is 28.9 Å². The fraction of sp³-hybridized carbons (Fsp3) is 0.158. The molecule has 6 nitrogen and oxygen atoms in total. The van der Waals surface area contributed by atoms with Gasteiger partial charge in [-0.2, -0.15) is 0 Å². The molecule has 2 heterocycles. The molecule has 2 aromatic carbocycles. The third-order valence-electron chi connectivity index (χ3n) is 3.90. The van der Waals surface area contributed by atoms with Crippen molar-refractivity contribution in [2.45, 2.75) is 6.61 Å². The Balaban J connectivity index is 1.46. The first-order valence-electron chi connectivity index (χ1n) is 8.00. The standard InChI is InChI=1S/C19H14ClNO5S/c1-23-15-5-3-2-4-13(15)18-21-12(9-27-18)8-24-19(22)11-6-14(20)17-16(7-11)25-10-26-17/h2-7,9H,8,10H2,1H3. The second-order valence-corrected chi connectivity index (χ2v) is 6.88. The summed E-state index contributed by atoms with van der Waals surface area (Å²) >= 11 is 7.56. The molecule has 0 spiro atoms. The summed E-state index contributed by atoms with van der Waals surface area (Å²) in [5, 5.41) is 2.95. The third kappa shape index (κ3) is 3.56. The first-order valence-corrected chi connectivity index (χ1v) is 9.25. The summed E-state index contributed by atoms with van der Waals surface area (Å²) in [6.45, 7) is 0.134. The SMILES string of the molecule is COc1ccccc1-c1nc(COC(=O)c2cc(Cl)c3c(c2)OCO3)cs1. The number of hydrogen-bond acceptors (Lipinski definition) is 7. The monoisotopic (exact) mass is 403 g/mol. The zero-order valence-electron chi connectivity index (χ0n) is 14.2. The lowest BCUT2D eigenvalue weighted by molar-refractivity contribution is 0.0468. The molecule has 0 saturated heterocycles. The van der Waals surface area contributed by atoms with Crippen LogP contribution in [0.15, 0.2) is 41.8 Å². The fourth-order valence-corrected chi connectivity index (χ4v) is 3.73. The normalized spacial score (nSPS) is 12.1. The zero-order valence-corrected chi connectivity index (χ0v) is 15.8. The molecule has 0 amide bonds. The van der Waals surface area contributed by atoms with E-state index in [1.807, 2.05) is 29.6 Å².